The normalized spacial score (nSPS) is 14.8. The van der Waals surface area contributed by atoms with Gasteiger partial charge in [-0.3, -0.25) is 0 Å². The van der Waals surface area contributed by atoms with E-state index in [1.54, 1.807) is 11.1 Å². The second-order valence-electron chi connectivity index (χ2n) is 6.59. The number of benzene rings is 1. The number of hydrogen-bond donors (Lipinski definition) is 1. The summed E-state index contributed by atoms with van der Waals surface area (Å²) >= 11 is 0. The van der Waals surface area contributed by atoms with Crippen molar-refractivity contribution in [2.75, 3.05) is 6.54 Å². The minimum absolute atomic E-state index is 0.258. The molecule has 0 saturated heterocycles. The molecule has 1 N–H and O–H groups in total. The fourth-order valence-corrected chi connectivity index (χ4v) is 2.70. The van der Waals surface area contributed by atoms with E-state index >= 15 is 0 Å². The lowest BCUT2D eigenvalue weighted by Crippen LogP contribution is -2.36. The Balaban J connectivity index is 1.71. The van der Waals surface area contributed by atoms with Crippen molar-refractivity contribution in [2.24, 2.45) is 0 Å². The Kier molecular flexibility index (Phi) is 4.45. The van der Waals surface area contributed by atoms with Gasteiger partial charge in [-0.1, -0.05) is 18.2 Å². The molecule has 1 aromatic rings. The average Bonchev–Trinajstić information content (AvgIpc) is 2.74. The number of nitrogens with one attached hydrogen (secondary N) is 1. The van der Waals surface area contributed by atoms with Crippen LogP contribution in [0.1, 0.15) is 56.7 Å². The predicted molar refractivity (Wildman–Crippen MR) is 79.2 cm³/mol. The third-order valence-electron chi connectivity index (χ3n) is 3.71. The number of aryl methyl sites for hydroxylation is 3. The summed E-state index contributed by atoms with van der Waals surface area (Å²) in [6.07, 6.45) is 7.75. The molecule has 0 radical (unpaired) electrons. The van der Waals surface area contributed by atoms with E-state index in [-0.39, 0.29) is 5.54 Å². The summed E-state index contributed by atoms with van der Waals surface area (Å²) in [6, 6.07) is 7.13. The molecule has 1 aliphatic rings. The van der Waals surface area contributed by atoms with Crippen molar-refractivity contribution in [1.82, 2.24) is 5.32 Å². The summed E-state index contributed by atoms with van der Waals surface area (Å²) in [5.41, 5.74) is 4.99. The maximum atomic E-state index is 3.55. The van der Waals surface area contributed by atoms with Crippen molar-refractivity contribution in [2.45, 2.75) is 64.8 Å². The largest absolute Gasteiger partial charge is 0.312 e. The molecule has 1 heteroatoms. The molecule has 1 aliphatic carbocycles. The molecular weight excluding hydrogens is 218 g/mol. The minimum atomic E-state index is 0.258. The molecule has 100 valence electrons. The molecular formula is C17H27N. The van der Waals surface area contributed by atoms with Gasteiger partial charge in [0.05, 0.1) is 0 Å². The van der Waals surface area contributed by atoms with Crippen LogP contribution in [-0.4, -0.2) is 12.1 Å². The zero-order valence-electron chi connectivity index (χ0n) is 12.2. The van der Waals surface area contributed by atoms with Gasteiger partial charge in [0.1, 0.15) is 0 Å². The van der Waals surface area contributed by atoms with E-state index in [9.17, 15) is 0 Å². The van der Waals surface area contributed by atoms with Crippen molar-refractivity contribution in [3.05, 3.63) is 34.9 Å². The van der Waals surface area contributed by atoms with E-state index in [2.05, 4.69) is 44.3 Å². The van der Waals surface area contributed by atoms with Gasteiger partial charge in [0, 0.05) is 5.54 Å². The van der Waals surface area contributed by atoms with E-state index in [1.165, 1.54) is 44.1 Å². The maximum Gasteiger partial charge on any atom is 0.00965 e. The van der Waals surface area contributed by atoms with Gasteiger partial charge >= 0.3 is 0 Å². The number of fused-ring (bicyclic) bond motifs is 1. The first-order valence-electron chi connectivity index (χ1n) is 7.40. The monoisotopic (exact) mass is 245 g/mol. The van der Waals surface area contributed by atoms with Gasteiger partial charge in [-0.25, -0.2) is 0 Å². The first kappa shape index (κ1) is 13.6. The van der Waals surface area contributed by atoms with Crippen LogP contribution in [0.4, 0.5) is 0 Å². The second-order valence-corrected chi connectivity index (χ2v) is 6.59. The lowest BCUT2D eigenvalue weighted by Gasteiger charge is -2.20. The number of unbranched alkanes of at least 4 members (excludes halogenated alkanes) is 1. The SMILES string of the molecule is CC(C)(C)NCCCCc1ccc2c(c1)CCC2. The molecule has 1 aromatic carbocycles. The van der Waals surface area contributed by atoms with Crippen molar-refractivity contribution in [3.63, 3.8) is 0 Å². The summed E-state index contributed by atoms with van der Waals surface area (Å²) in [5, 5.41) is 3.55. The summed E-state index contributed by atoms with van der Waals surface area (Å²) in [4.78, 5) is 0. The molecule has 0 spiro atoms. The van der Waals surface area contributed by atoms with Gasteiger partial charge < -0.3 is 5.32 Å². The van der Waals surface area contributed by atoms with Crippen molar-refractivity contribution >= 4 is 0 Å². The standard InChI is InChI=1S/C17H27N/c1-17(2,3)18-12-5-4-7-14-10-11-15-8-6-9-16(15)13-14/h10-11,13,18H,4-9,12H2,1-3H3. The summed E-state index contributed by atoms with van der Waals surface area (Å²) in [6.45, 7) is 7.82. The predicted octanol–water partition coefficient (Wildman–Crippen LogP) is 3.89. The van der Waals surface area contributed by atoms with Crippen LogP contribution in [0, 0.1) is 0 Å². The van der Waals surface area contributed by atoms with Crippen molar-refractivity contribution < 1.29 is 0 Å². The van der Waals surface area contributed by atoms with Gasteiger partial charge in [-0.05, 0) is 82.5 Å². The van der Waals surface area contributed by atoms with E-state index < -0.39 is 0 Å². The van der Waals surface area contributed by atoms with E-state index in [4.69, 9.17) is 0 Å². The lowest BCUT2D eigenvalue weighted by molar-refractivity contribution is 0.419. The Bertz CT molecular complexity index is 387. The molecule has 0 amide bonds. The highest BCUT2D eigenvalue weighted by Gasteiger charge is 2.10. The van der Waals surface area contributed by atoms with Gasteiger partial charge in [0.2, 0.25) is 0 Å². The van der Waals surface area contributed by atoms with Crippen molar-refractivity contribution in [3.8, 4) is 0 Å². The Morgan fingerprint density at radius 1 is 1.06 bits per heavy atom. The smallest absolute Gasteiger partial charge is 0.00965 e. The molecule has 0 bridgehead atoms. The highest BCUT2D eigenvalue weighted by Crippen LogP contribution is 2.23. The minimum Gasteiger partial charge on any atom is -0.312 e. The van der Waals surface area contributed by atoms with Gasteiger partial charge in [0.25, 0.3) is 0 Å². The molecule has 0 heterocycles. The first-order chi connectivity index (χ1) is 8.54. The van der Waals surface area contributed by atoms with Crippen LogP contribution >= 0.6 is 0 Å². The zero-order valence-corrected chi connectivity index (χ0v) is 12.2. The molecule has 0 unspecified atom stereocenters. The van der Waals surface area contributed by atoms with E-state index in [0.717, 1.165) is 6.54 Å². The molecule has 18 heavy (non-hydrogen) atoms. The quantitative estimate of drug-likeness (QED) is 0.776. The van der Waals surface area contributed by atoms with Gasteiger partial charge in [-0.2, -0.15) is 0 Å². The fraction of sp³-hybridized carbons (Fsp3) is 0.647. The fourth-order valence-electron chi connectivity index (χ4n) is 2.70. The summed E-state index contributed by atoms with van der Waals surface area (Å²) < 4.78 is 0. The highest BCUT2D eigenvalue weighted by molar-refractivity contribution is 5.35. The molecule has 0 fully saturated rings. The van der Waals surface area contributed by atoms with Gasteiger partial charge in [0.15, 0.2) is 0 Å². The highest BCUT2D eigenvalue weighted by atomic mass is 14.9. The second kappa shape index (κ2) is 5.88. The topological polar surface area (TPSA) is 12.0 Å². The zero-order chi connectivity index (χ0) is 13.0. The molecule has 0 saturated carbocycles. The first-order valence-corrected chi connectivity index (χ1v) is 7.40. The molecule has 0 aromatic heterocycles. The lowest BCUT2D eigenvalue weighted by atomic mass is 10.0. The molecule has 0 atom stereocenters. The molecule has 0 aliphatic heterocycles. The number of hydrogen-bond acceptors (Lipinski definition) is 1. The van der Waals surface area contributed by atoms with E-state index in [1.807, 2.05) is 0 Å². The van der Waals surface area contributed by atoms with Crippen molar-refractivity contribution in [1.29, 1.82) is 0 Å². The number of rotatable bonds is 5. The van der Waals surface area contributed by atoms with Crippen LogP contribution in [-0.2, 0) is 19.3 Å². The molecule has 1 nitrogen and oxygen atoms in total. The summed E-state index contributed by atoms with van der Waals surface area (Å²) in [5.74, 6) is 0. The van der Waals surface area contributed by atoms with E-state index in [0.29, 0.717) is 0 Å². The third-order valence-corrected chi connectivity index (χ3v) is 3.71. The third kappa shape index (κ3) is 4.13. The Morgan fingerprint density at radius 3 is 2.61 bits per heavy atom. The summed E-state index contributed by atoms with van der Waals surface area (Å²) in [7, 11) is 0. The average molecular weight is 245 g/mol. The van der Waals surface area contributed by atoms with Crippen LogP contribution < -0.4 is 5.32 Å². The van der Waals surface area contributed by atoms with Gasteiger partial charge in [-0.15, -0.1) is 0 Å². The van der Waals surface area contributed by atoms with Crippen LogP contribution in [0.15, 0.2) is 18.2 Å². The van der Waals surface area contributed by atoms with Crippen LogP contribution in [0.3, 0.4) is 0 Å². The van der Waals surface area contributed by atoms with Crippen LogP contribution in [0.5, 0.6) is 0 Å². The maximum absolute atomic E-state index is 3.55. The Labute approximate surface area is 112 Å². The Morgan fingerprint density at radius 2 is 1.83 bits per heavy atom. The molecule has 2 rings (SSSR count). The van der Waals surface area contributed by atoms with Crippen LogP contribution in [0.2, 0.25) is 0 Å². The van der Waals surface area contributed by atoms with Crippen LogP contribution in [0.25, 0.3) is 0 Å². The Hall–Kier alpha value is -0.820.